The molecule has 5 nitrogen and oxygen atoms in total. The summed E-state index contributed by atoms with van der Waals surface area (Å²) in [5.74, 6) is 0.126. The van der Waals surface area contributed by atoms with Crippen LogP contribution in [-0.2, 0) is 20.8 Å². The van der Waals surface area contributed by atoms with Crippen molar-refractivity contribution < 1.29 is 14.4 Å². The van der Waals surface area contributed by atoms with E-state index in [1.54, 1.807) is 0 Å². The lowest BCUT2D eigenvalue weighted by molar-refractivity contribution is -0.146. The molecular weight excluding hydrogens is 412 g/mol. The molecule has 5 aliphatic rings. The fraction of sp³-hybridized carbons (Fsp3) is 0.393. The van der Waals surface area contributed by atoms with E-state index in [0.29, 0.717) is 23.9 Å². The summed E-state index contributed by atoms with van der Waals surface area (Å²) in [5, 5.41) is 2.98. The summed E-state index contributed by atoms with van der Waals surface area (Å²) in [6, 6.07) is 14.5. The SMILES string of the molecule is Cc1ccc(NC(=O)[C@H](Cc2ccccc2)N2C(=O)[C@@H]3[C@@H]4C=C[C@H]([C@H]5C[C@H]45)[C@@H]3C2=O)cc1C. The average Bonchev–Trinajstić information content (AvgIpc) is 3.59. The lowest BCUT2D eigenvalue weighted by Gasteiger charge is -2.37. The van der Waals surface area contributed by atoms with Gasteiger partial charge in [0, 0.05) is 12.1 Å². The fourth-order valence-corrected chi connectivity index (χ4v) is 6.47. The van der Waals surface area contributed by atoms with Crippen molar-refractivity contribution in [2.45, 2.75) is 32.7 Å². The number of nitrogens with one attached hydrogen (secondary N) is 1. The number of carbonyl (C=O) groups is 3. The Kier molecular flexibility index (Phi) is 4.58. The quantitative estimate of drug-likeness (QED) is 0.566. The third kappa shape index (κ3) is 3.17. The zero-order chi connectivity index (χ0) is 22.9. The van der Waals surface area contributed by atoms with Crippen LogP contribution in [0.3, 0.4) is 0 Å². The Morgan fingerprint density at radius 1 is 0.939 bits per heavy atom. The second-order valence-corrected chi connectivity index (χ2v) is 10.2. The zero-order valence-corrected chi connectivity index (χ0v) is 18.9. The van der Waals surface area contributed by atoms with Crippen LogP contribution in [0.25, 0.3) is 0 Å². The number of nitrogens with zero attached hydrogens (tertiary/aromatic N) is 1. The van der Waals surface area contributed by atoms with E-state index in [2.05, 4.69) is 17.5 Å². The molecule has 2 aromatic rings. The van der Waals surface area contributed by atoms with Crippen LogP contribution in [0.2, 0.25) is 0 Å². The van der Waals surface area contributed by atoms with Gasteiger partial charge in [-0.25, -0.2) is 0 Å². The first kappa shape index (κ1) is 20.4. The van der Waals surface area contributed by atoms with Gasteiger partial charge in [-0.3, -0.25) is 19.3 Å². The molecule has 4 aliphatic carbocycles. The average molecular weight is 441 g/mol. The van der Waals surface area contributed by atoms with Crippen LogP contribution < -0.4 is 5.32 Å². The van der Waals surface area contributed by atoms with Gasteiger partial charge in [0.05, 0.1) is 11.8 Å². The maximum atomic E-state index is 13.7. The van der Waals surface area contributed by atoms with Crippen molar-refractivity contribution in [3.05, 3.63) is 77.4 Å². The van der Waals surface area contributed by atoms with Gasteiger partial charge in [0.15, 0.2) is 0 Å². The number of imide groups is 1. The van der Waals surface area contributed by atoms with Crippen LogP contribution in [0.15, 0.2) is 60.7 Å². The number of hydrogen-bond donors (Lipinski definition) is 1. The first-order valence-electron chi connectivity index (χ1n) is 11.9. The third-order valence-corrected chi connectivity index (χ3v) is 8.36. The molecule has 0 spiro atoms. The summed E-state index contributed by atoms with van der Waals surface area (Å²) >= 11 is 0. The minimum atomic E-state index is -0.865. The van der Waals surface area contributed by atoms with Gasteiger partial charge in [0.25, 0.3) is 0 Å². The van der Waals surface area contributed by atoms with Gasteiger partial charge in [-0.2, -0.15) is 0 Å². The van der Waals surface area contributed by atoms with Crippen molar-refractivity contribution in [1.29, 1.82) is 0 Å². The first-order valence-corrected chi connectivity index (χ1v) is 11.9. The smallest absolute Gasteiger partial charge is 0.248 e. The Morgan fingerprint density at radius 3 is 2.18 bits per heavy atom. The molecule has 3 fully saturated rings. The molecule has 5 heteroatoms. The summed E-state index contributed by atoms with van der Waals surface area (Å²) in [5.41, 5.74) is 3.83. The Balaban J connectivity index is 1.33. The van der Waals surface area contributed by atoms with Gasteiger partial charge in [0.1, 0.15) is 6.04 Å². The summed E-state index contributed by atoms with van der Waals surface area (Å²) in [6.45, 7) is 4.02. The van der Waals surface area contributed by atoms with E-state index in [4.69, 9.17) is 0 Å². The number of carbonyl (C=O) groups excluding carboxylic acids is 3. The number of anilines is 1. The molecule has 3 amide bonds. The van der Waals surface area contributed by atoms with E-state index >= 15 is 0 Å². The number of hydrogen-bond acceptors (Lipinski definition) is 3. The van der Waals surface area contributed by atoms with E-state index in [-0.39, 0.29) is 41.4 Å². The van der Waals surface area contributed by atoms with E-state index in [1.165, 1.54) is 4.90 Å². The van der Waals surface area contributed by atoms with E-state index in [9.17, 15) is 14.4 Å². The highest BCUT2D eigenvalue weighted by atomic mass is 16.2. The number of rotatable bonds is 5. The van der Waals surface area contributed by atoms with Gasteiger partial charge < -0.3 is 5.32 Å². The van der Waals surface area contributed by atoms with Crippen molar-refractivity contribution in [3.63, 3.8) is 0 Å². The number of benzene rings is 2. The van der Waals surface area contributed by atoms with Crippen LogP contribution in [0.1, 0.15) is 23.1 Å². The first-order chi connectivity index (χ1) is 15.9. The van der Waals surface area contributed by atoms with Crippen LogP contribution in [0.5, 0.6) is 0 Å². The molecule has 0 radical (unpaired) electrons. The van der Waals surface area contributed by atoms with Gasteiger partial charge >= 0.3 is 0 Å². The number of amides is 3. The van der Waals surface area contributed by atoms with Gasteiger partial charge in [0.2, 0.25) is 17.7 Å². The van der Waals surface area contributed by atoms with Crippen molar-refractivity contribution in [3.8, 4) is 0 Å². The van der Waals surface area contributed by atoms with Crippen molar-refractivity contribution in [1.82, 2.24) is 4.90 Å². The summed E-state index contributed by atoms with van der Waals surface area (Å²) in [4.78, 5) is 42.3. The van der Waals surface area contributed by atoms with Crippen molar-refractivity contribution >= 4 is 23.4 Å². The Labute approximate surface area is 193 Å². The molecule has 168 valence electrons. The molecule has 1 N–H and O–H groups in total. The van der Waals surface area contributed by atoms with Crippen LogP contribution in [0.4, 0.5) is 5.69 Å². The molecule has 2 aromatic carbocycles. The van der Waals surface area contributed by atoms with Crippen LogP contribution in [-0.4, -0.2) is 28.7 Å². The molecular formula is C28H28N2O3. The maximum Gasteiger partial charge on any atom is 0.248 e. The summed E-state index contributed by atoms with van der Waals surface area (Å²) < 4.78 is 0. The Hall–Kier alpha value is -3.21. The Morgan fingerprint density at radius 2 is 1.58 bits per heavy atom. The predicted octanol–water partition coefficient (Wildman–Crippen LogP) is 3.91. The van der Waals surface area contributed by atoms with Crippen LogP contribution >= 0.6 is 0 Å². The monoisotopic (exact) mass is 440 g/mol. The molecule has 2 saturated carbocycles. The second kappa shape index (κ2) is 7.41. The second-order valence-electron chi connectivity index (χ2n) is 10.2. The molecule has 33 heavy (non-hydrogen) atoms. The van der Waals surface area contributed by atoms with Gasteiger partial charge in [-0.1, -0.05) is 48.6 Å². The molecule has 1 aliphatic heterocycles. The Bertz CT molecular complexity index is 1150. The van der Waals surface area contributed by atoms with E-state index in [1.807, 2.05) is 62.4 Å². The fourth-order valence-electron chi connectivity index (χ4n) is 6.47. The normalized spacial score (nSPS) is 31.9. The largest absolute Gasteiger partial charge is 0.324 e. The highest BCUT2D eigenvalue weighted by Crippen LogP contribution is 2.65. The van der Waals surface area contributed by atoms with Gasteiger partial charge in [-0.05, 0) is 72.8 Å². The minimum Gasteiger partial charge on any atom is -0.324 e. The highest BCUT2D eigenvalue weighted by molar-refractivity contribution is 6.10. The summed E-state index contributed by atoms with van der Waals surface area (Å²) in [6.07, 6.45) is 5.76. The van der Waals surface area contributed by atoms with E-state index < -0.39 is 6.04 Å². The molecule has 7 atom stereocenters. The van der Waals surface area contributed by atoms with Crippen molar-refractivity contribution in [2.75, 3.05) is 5.32 Å². The molecule has 0 unspecified atom stereocenters. The summed E-state index contributed by atoms with van der Waals surface area (Å²) in [7, 11) is 0. The molecule has 2 bridgehead atoms. The van der Waals surface area contributed by atoms with Crippen molar-refractivity contribution in [2.24, 2.45) is 35.5 Å². The third-order valence-electron chi connectivity index (χ3n) is 8.36. The highest BCUT2D eigenvalue weighted by Gasteiger charge is 2.67. The number of aryl methyl sites for hydroxylation is 2. The topological polar surface area (TPSA) is 66.5 Å². The minimum absolute atomic E-state index is 0.145. The molecule has 0 aromatic heterocycles. The molecule has 7 rings (SSSR count). The standard InChI is InChI=1S/C28H28N2O3/c1-15-8-9-18(12-16(15)2)29-26(31)23(13-17-6-4-3-5-7-17)30-27(32)24-19-10-11-20(22-14-21(19)22)25(24)28(30)33/h3-12,19-25H,13-14H2,1-2H3,(H,29,31)/t19-,20-,21-,22-,23+,24-,25+/m1/s1. The number of likely N-dealkylation sites (tertiary alicyclic amines) is 1. The van der Waals surface area contributed by atoms with Crippen LogP contribution in [0, 0.1) is 49.4 Å². The lowest BCUT2D eigenvalue weighted by atomic mass is 9.63. The molecule has 1 saturated heterocycles. The molecule has 1 heterocycles. The van der Waals surface area contributed by atoms with Gasteiger partial charge in [-0.15, -0.1) is 0 Å². The van der Waals surface area contributed by atoms with E-state index in [0.717, 1.165) is 23.1 Å². The maximum absolute atomic E-state index is 13.7. The lowest BCUT2D eigenvalue weighted by Crippen LogP contribution is -2.49. The number of allylic oxidation sites excluding steroid dienone is 2. The zero-order valence-electron chi connectivity index (χ0n) is 18.9. The predicted molar refractivity (Wildman–Crippen MR) is 125 cm³/mol.